The fourth-order valence-corrected chi connectivity index (χ4v) is 3.86. The first-order chi connectivity index (χ1) is 10.3. The first kappa shape index (κ1) is 14.8. The lowest BCUT2D eigenvalue weighted by Crippen LogP contribution is -2.51. The summed E-state index contributed by atoms with van der Waals surface area (Å²) in [7, 11) is 2.07. The minimum Gasteiger partial charge on any atom is -0.352 e. The quantitative estimate of drug-likeness (QED) is 0.868. The van der Waals surface area contributed by atoms with Gasteiger partial charge in [0.2, 0.25) is 0 Å². The molecule has 2 heterocycles. The molecule has 1 aliphatic carbocycles. The Bertz CT molecular complexity index is 474. The van der Waals surface area contributed by atoms with Crippen LogP contribution in [0.25, 0.3) is 0 Å². The van der Waals surface area contributed by atoms with Crippen LogP contribution in [0.5, 0.6) is 0 Å². The number of rotatable bonds is 3. The van der Waals surface area contributed by atoms with Crippen molar-refractivity contribution < 1.29 is 0 Å². The molecule has 2 unspecified atom stereocenters. The number of fused-ring (bicyclic) bond motifs is 1. The fraction of sp³-hybridized carbons (Fsp3) is 0.765. The number of aryl methyl sites for hydroxylation is 1. The van der Waals surface area contributed by atoms with Gasteiger partial charge >= 0.3 is 0 Å². The Kier molecular flexibility index (Phi) is 4.73. The molecule has 4 heteroatoms. The minimum atomic E-state index is 0.502. The maximum absolute atomic E-state index is 4.71. The molecule has 0 radical (unpaired) electrons. The van der Waals surface area contributed by atoms with E-state index in [1.54, 1.807) is 6.33 Å². The fourth-order valence-electron chi connectivity index (χ4n) is 3.86. The molecule has 1 aromatic rings. The molecule has 21 heavy (non-hydrogen) atoms. The van der Waals surface area contributed by atoms with Crippen molar-refractivity contribution in [1.29, 1.82) is 0 Å². The van der Waals surface area contributed by atoms with Gasteiger partial charge in [0, 0.05) is 29.9 Å². The summed E-state index contributed by atoms with van der Waals surface area (Å²) in [6.45, 7) is 3.43. The first-order valence-electron chi connectivity index (χ1n) is 8.58. The number of likely N-dealkylation sites (N-methyl/N-ethyl adjacent to an activating group) is 1. The topological polar surface area (TPSA) is 41.0 Å². The largest absolute Gasteiger partial charge is 0.352 e. The lowest BCUT2D eigenvalue weighted by molar-refractivity contribution is 0.379. The number of anilines is 1. The summed E-state index contributed by atoms with van der Waals surface area (Å²) in [5.41, 5.74) is 2.74. The number of piperidine rings is 1. The highest BCUT2D eigenvalue weighted by molar-refractivity contribution is 5.50. The Hall–Kier alpha value is -1.16. The molecule has 3 rings (SSSR count). The zero-order chi connectivity index (χ0) is 14.7. The predicted molar refractivity (Wildman–Crippen MR) is 86.8 cm³/mol. The van der Waals surface area contributed by atoms with Crippen LogP contribution in [0.3, 0.4) is 0 Å². The van der Waals surface area contributed by atoms with Crippen LogP contribution in [0.15, 0.2) is 6.33 Å². The Morgan fingerprint density at radius 3 is 2.86 bits per heavy atom. The van der Waals surface area contributed by atoms with Gasteiger partial charge in [-0.15, -0.1) is 0 Å². The van der Waals surface area contributed by atoms with Gasteiger partial charge in [0.25, 0.3) is 0 Å². The molecule has 0 amide bonds. The van der Waals surface area contributed by atoms with E-state index in [-0.39, 0.29) is 0 Å². The normalized spacial score (nSPS) is 24.3. The highest BCUT2D eigenvalue weighted by Crippen LogP contribution is 2.31. The molecule has 0 spiro atoms. The van der Waals surface area contributed by atoms with Crippen molar-refractivity contribution in [3.63, 3.8) is 0 Å². The van der Waals surface area contributed by atoms with Crippen molar-refractivity contribution in [3.8, 4) is 0 Å². The van der Waals surface area contributed by atoms with Crippen molar-refractivity contribution in [3.05, 3.63) is 17.6 Å². The Balaban J connectivity index is 1.94. The smallest absolute Gasteiger partial charge is 0.135 e. The maximum atomic E-state index is 4.71. The third-order valence-electron chi connectivity index (χ3n) is 5.21. The summed E-state index contributed by atoms with van der Waals surface area (Å²) in [6.07, 6.45) is 11.8. The molecular weight excluding hydrogens is 260 g/mol. The molecule has 0 bridgehead atoms. The minimum absolute atomic E-state index is 0.502. The summed E-state index contributed by atoms with van der Waals surface area (Å²) in [4.78, 5) is 11.8. The van der Waals surface area contributed by atoms with E-state index < -0.39 is 0 Å². The monoisotopic (exact) mass is 288 g/mol. The van der Waals surface area contributed by atoms with Gasteiger partial charge in [0.15, 0.2) is 0 Å². The van der Waals surface area contributed by atoms with Crippen LogP contribution in [0, 0.1) is 0 Å². The van der Waals surface area contributed by atoms with Crippen LogP contribution < -0.4 is 10.2 Å². The molecule has 2 atom stereocenters. The van der Waals surface area contributed by atoms with E-state index in [4.69, 9.17) is 4.98 Å². The van der Waals surface area contributed by atoms with E-state index >= 15 is 0 Å². The van der Waals surface area contributed by atoms with Gasteiger partial charge in [-0.3, -0.25) is 0 Å². The van der Waals surface area contributed by atoms with E-state index in [9.17, 15) is 0 Å². The molecule has 116 valence electrons. The molecule has 1 N–H and O–H groups in total. The van der Waals surface area contributed by atoms with Crippen LogP contribution in [0.1, 0.15) is 56.7 Å². The zero-order valence-electron chi connectivity index (χ0n) is 13.4. The summed E-state index contributed by atoms with van der Waals surface area (Å²) >= 11 is 0. The van der Waals surface area contributed by atoms with Crippen LogP contribution in [-0.2, 0) is 12.8 Å². The number of hydrogen-bond acceptors (Lipinski definition) is 4. The second-order valence-corrected chi connectivity index (χ2v) is 6.52. The number of nitrogens with one attached hydrogen (secondary N) is 1. The average Bonchev–Trinajstić information content (AvgIpc) is 2.79. The molecule has 0 aromatic carbocycles. The van der Waals surface area contributed by atoms with Crippen molar-refractivity contribution in [2.75, 3.05) is 18.5 Å². The van der Waals surface area contributed by atoms with Gasteiger partial charge in [0.05, 0.1) is 0 Å². The molecular formula is C17H28N4. The molecule has 1 aromatic heterocycles. The molecule has 1 saturated heterocycles. The standard InChI is InChI=1S/C17H28N4/c1-13(18-2)16-10-6-7-11-21(16)17-14-8-4-3-5-9-15(14)19-12-20-17/h12-13,16,18H,3-11H2,1-2H3. The van der Waals surface area contributed by atoms with Gasteiger partial charge in [-0.2, -0.15) is 0 Å². The molecule has 0 saturated carbocycles. The van der Waals surface area contributed by atoms with Crippen LogP contribution >= 0.6 is 0 Å². The lowest BCUT2D eigenvalue weighted by atomic mass is 9.95. The third kappa shape index (κ3) is 3.05. The van der Waals surface area contributed by atoms with Gasteiger partial charge in [-0.1, -0.05) is 6.42 Å². The Morgan fingerprint density at radius 1 is 1.14 bits per heavy atom. The van der Waals surface area contributed by atoms with E-state index in [0.29, 0.717) is 12.1 Å². The maximum Gasteiger partial charge on any atom is 0.135 e. The third-order valence-corrected chi connectivity index (χ3v) is 5.21. The predicted octanol–water partition coefficient (Wildman–Crippen LogP) is 2.71. The van der Waals surface area contributed by atoms with Crippen molar-refractivity contribution in [2.45, 2.75) is 70.4 Å². The van der Waals surface area contributed by atoms with Gasteiger partial charge < -0.3 is 10.2 Å². The Morgan fingerprint density at radius 2 is 2.00 bits per heavy atom. The van der Waals surface area contributed by atoms with E-state index in [1.165, 1.54) is 55.6 Å². The van der Waals surface area contributed by atoms with Gasteiger partial charge in [-0.25, -0.2) is 9.97 Å². The lowest BCUT2D eigenvalue weighted by Gasteiger charge is -2.41. The van der Waals surface area contributed by atoms with Crippen molar-refractivity contribution >= 4 is 5.82 Å². The second kappa shape index (κ2) is 6.73. The van der Waals surface area contributed by atoms with E-state index in [1.807, 2.05) is 0 Å². The summed E-state index contributed by atoms with van der Waals surface area (Å²) in [5.74, 6) is 1.23. The van der Waals surface area contributed by atoms with Crippen LogP contribution in [0.2, 0.25) is 0 Å². The second-order valence-electron chi connectivity index (χ2n) is 6.52. The van der Waals surface area contributed by atoms with E-state index in [2.05, 4.69) is 29.2 Å². The Labute approximate surface area is 128 Å². The van der Waals surface area contributed by atoms with Gasteiger partial charge in [0.1, 0.15) is 12.1 Å². The van der Waals surface area contributed by atoms with Crippen molar-refractivity contribution in [1.82, 2.24) is 15.3 Å². The number of nitrogens with zero attached hydrogens (tertiary/aromatic N) is 3. The molecule has 1 fully saturated rings. The summed E-state index contributed by atoms with van der Waals surface area (Å²) < 4.78 is 0. The van der Waals surface area contributed by atoms with Crippen LogP contribution in [0.4, 0.5) is 5.82 Å². The SMILES string of the molecule is CNC(C)C1CCCCN1c1ncnc2c1CCCCC2. The summed E-state index contributed by atoms with van der Waals surface area (Å²) in [6, 6.07) is 1.06. The number of aromatic nitrogens is 2. The molecule has 2 aliphatic rings. The first-order valence-corrected chi connectivity index (χ1v) is 8.58. The molecule has 1 aliphatic heterocycles. The van der Waals surface area contributed by atoms with Crippen LogP contribution in [-0.4, -0.2) is 35.6 Å². The molecule has 4 nitrogen and oxygen atoms in total. The summed E-state index contributed by atoms with van der Waals surface area (Å²) in [5, 5.41) is 3.44. The van der Waals surface area contributed by atoms with E-state index in [0.717, 1.165) is 19.4 Å². The van der Waals surface area contributed by atoms with Crippen molar-refractivity contribution in [2.24, 2.45) is 0 Å². The zero-order valence-corrected chi connectivity index (χ0v) is 13.4. The number of hydrogen-bond donors (Lipinski definition) is 1. The average molecular weight is 288 g/mol. The highest BCUT2D eigenvalue weighted by Gasteiger charge is 2.30. The van der Waals surface area contributed by atoms with Gasteiger partial charge in [-0.05, 0) is 58.9 Å². The highest BCUT2D eigenvalue weighted by atomic mass is 15.2.